The summed E-state index contributed by atoms with van der Waals surface area (Å²) in [5.74, 6) is -0.603. The lowest BCUT2D eigenvalue weighted by molar-refractivity contribution is -0.151. The predicted molar refractivity (Wildman–Crippen MR) is 60.2 cm³/mol. The zero-order chi connectivity index (χ0) is 12.8. The van der Waals surface area contributed by atoms with Crippen LogP contribution in [0, 0.1) is 0 Å². The van der Waals surface area contributed by atoms with E-state index < -0.39 is 24.3 Å². The van der Waals surface area contributed by atoms with Crippen molar-refractivity contribution in [3.8, 4) is 0 Å². The van der Waals surface area contributed by atoms with Crippen molar-refractivity contribution in [1.29, 1.82) is 0 Å². The summed E-state index contributed by atoms with van der Waals surface area (Å²) < 4.78 is 5.00. The molecule has 0 bridgehead atoms. The minimum Gasteiger partial charge on any atom is -0.462 e. The van der Waals surface area contributed by atoms with Crippen LogP contribution >= 0.6 is 0 Å². The van der Waals surface area contributed by atoms with Gasteiger partial charge < -0.3 is 14.9 Å². The lowest BCUT2D eigenvalue weighted by Gasteiger charge is -2.18. The van der Waals surface area contributed by atoms with E-state index in [1.165, 1.54) is 12.2 Å². The third-order valence-corrected chi connectivity index (χ3v) is 2.48. The van der Waals surface area contributed by atoms with Crippen LogP contribution in [0.5, 0.6) is 0 Å². The number of hydrogen-bond acceptors (Lipinski definition) is 5. The van der Waals surface area contributed by atoms with Gasteiger partial charge in [0.25, 0.3) is 0 Å². The van der Waals surface area contributed by atoms with Crippen LogP contribution in [0.2, 0.25) is 0 Å². The Morgan fingerprint density at radius 1 is 1.29 bits per heavy atom. The molecule has 5 nitrogen and oxygen atoms in total. The summed E-state index contributed by atoms with van der Waals surface area (Å²) in [5.41, 5.74) is 0. The van der Waals surface area contributed by atoms with Gasteiger partial charge >= 0.3 is 5.97 Å². The average Bonchev–Trinajstić information content (AvgIpc) is 2.14. The zero-order valence-corrected chi connectivity index (χ0v) is 9.83. The smallest absolute Gasteiger partial charge is 0.309 e. The maximum Gasteiger partial charge on any atom is 0.309 e. The highest BCUT2D eigenvalue weighted by Gasteiger charge is 2.19. The molecular weight excluding hydrogens is 224 g/mol. The fourth-order valence-corrected chi connectivity index (χ4v) is 1.73. The number of ketones is 1. The molecule has 3 atom stereocenters. The van der Waals surface area contributed by atoms with E-state index >= 15 is 0 Å². The minimum absolute atomic E-state index is 0.0440. The number of aliphatic hydroxyl groups excluding tert-OH is 2. The van der Waals surface area contributed by atoms with Crippen molar-refractivity contribution in [2.75, 3.05) is 0 Å². The molecule has 0 aromatic rings. The largest absolute Gasteiger partial charge is 0.462 e. The maximum absolute atomic E-state index is 11.4. The molecule has 0 amide bonds. The highest BCUT2D eigenvalue weighted by Crippen LogP contribution is 2.11. The molecule has 0 fully saturated rings. The Kier molecular flexibility index (Phi) is 5.31. The first kappa shape index (κ1) is 13.9. The van der Waals surface area contributed by atoms with Crippen molar-refractivity contribution in [3.63, 3.8) is 0 Å². The molecule has 0 unspecified atom stereocenters. The summed E-state index contributed by atoms with van der Waals surface area (Å²) in [6.07, 6.45) is 1.05. The monoisotopic (exact) mass is 242 g/mol. The van der Waals surface area contributed by atoms with Crippen LogP contribution in [-0.2, 0) is 14.3 Å². The van der Waals surface area contributed by atoms with Gasteiger partial charge in [-0.2, -0.15) is 0 Å². The first-order chi connectivity index (χ1) is 7.97. The van der Waals surface area contributed by atoms with E-state index in [-0.39, 0.29) is 31.5 Å². The number of rotatable bonds is 0. The van der Waals surface area contributed by atoms with Crippen LogP contribution in [0.4, 0.5) is 0 Å². The van der Waals surface area contributed by atoms with E-state index in [4.69, 9.17) is 4.74 Å². The average molecular weight is 242 g/mol. The Hall–Kier alpha value is -1.20. The van der Waals surface area contributed by atoms with Gasteiger partial charge in [-0.1, -0.05) is 12.2 Å². The summed E-state index contributed by atoms with van der Waals surface area (Å²) >= 11 is 0. The molecule has 0 aromatic heterocycles. The molecule has 0 aliphatic carbocycles. The molecule has 2 N–H and O–H groups in total. The quantitative estimate of drug-likeness (QED) is 0.472. The third-order valence-electron chi connectivity index (χ3n) is 2.48. The van der Waals surface area contributed by atoms with Crippen molar-refractivity contribution < 1.29 is 24.5 Å². The van der Waals surface area contributed by atoms with Gasteiger partial charge in [-0.15, -0.1) is 0 Å². The molecule has 1 rings (SSSR count). The summed E-state index contributed by atoms with van der Waals surface area (Å²) in [6.45, 7) is 1.65. The Morgan fingerprint density at radius 3 is 2.71 bits per heavy atom. The van der Waals surface area contributed by atoms with Crippen LogP contribution < -0.4 is 0 Å². The van der Waals surface area contributed by atoms with Gasteiger partial charge in [0.05, 0.1) is 18.6 Å². The van der Waals surface area contributed by atoms with Gasteiger partial charge in [0.1, 0.15) is 11.9 Å². The highest BCUT2D eigenvalue weighted by atomic mass is 16.5. The van der Waals surface area contributed by atoms with Gasteiger partial charge in [0, 0.05) is 19.3 Å². The molecule has 0 saturated carbocycles. The van der Waals surface area contributed by atoms with Gasteiger partial charge in [0.2, 0.25) is 0 Å². The molecule has 0 spiro atoms. The standard InChI is InChI=1S/C12H18O5/c1-8-5-11(15)6-9(13)3-2-4-10(14)7-12(16)17-8/h2,4,8,10-11,14-15H,3,5-7H2,1H3/t8-,10-,11+/m1/s1. The summed E-state index contributed by atoms with van der Waals surface area (Å²) in [6, 6.07) is 0. The van der Waals surface area contributed by atoms with Gasteiger partial charge in [0.15, 0.2) is 0 Å². The van der Waals surface area contributed by atoms with E-state index in [0.717, 1.165) is 0 Å². The number of carbonyl (C=O) groups is 2. The van der Waals surface area contributed by atoms with Crippen LogP contribution in [0.15, 0.2) is 12.2 Å². The molecule has 5 heteroatoms. The van der Waals surface area contributed by atoms with E-state index in [1.807, 2.05) is 0 Å². The minimum atomic E-state index is -0.924. The fraction of sp³-hybridized carbons (Fsp3) is 0.667. The lowest BCUT2D eigenvalue weighted by Crippen LogP contribution is -2.25. The molecule has 1 aliphatic heterocycles. The fourth-order valence-electron chi connectivity index (χ4n) is 1.73. The maximum atomic E-state index is 11.4. The molecule has 0 saturated heterocycles. The SMILES string of the molecule is C[C@@H]1C[C@H](O)CC(=O)CC=C[C@@H](O)CC(=O)O1. The van der Waals surface area contributed by atoms with E-state index in [2.05, 4.69) is 0 Å². The highest BCUT2D eigenvalue weighted by molar-refractivity contribution is 5.80. The molecule has 17 heavy (non-hydrogen) atoms. The lowest BCUT2D eigenvalue weighted by atomic mass is 10.0. The van der Waals surface area contributed by atoms with Gasteiger partial charge in [-0.05, 0) is 6.92 Å². The second-order valence-electron chi connectivity index (χ2n) is 4.34. The summed E-state index contributed by atoms with van der Waals surface area (Å²) in [4.78, 5) is 22.7. The first-order valence-electron chi connectivity index (χ1n) is 5.71. The van der Waals surface area contributed by atoms with Gasteiger partial charge in [-0.25, -0.2) is 0 Å². The van der Waals surface area contributed by atoms with Gasteiger partial charge in [-0.3, -0.25) is 9.59 Å². The second-order valence-corrected chi connectivity index (χ2v) is 4.34. The zero-order valence-electron chi connectivity index (χ0n) is 9.83. The normalized spacial score (nSPS) is 32.5. The van der Waals surface area contributed by atoms with Crippen molar-refractivity contribution in [2.45, 2.75) is 50.9 Å². The van der Waals surface area contributed by atoms with E-state index in [9.17, 15) is 19.8 Å². The van der Waals surface area contributed by atoms with Crippen molar-refractivity contribution in [3.05, 3.63) is 12.2 Å². The number of carbonyl (C=O) groups excluding carboxylic acids is 2. The van der Waals surface area contributed by atoms with Crippen LogP contribution in [0.3, 0.4) is 0 Å². The number of ether oxygens (including phenoxy) is 1. The van der Waals surface area contributed by atoms with Crippen LogP contribution in [-0.4, -0.2) is 40.3 Å². The number of hydrogen-bond donors (Lipinski definition) is 2. The Balaban J connectivity index is 2.67. The molecule has 0 aromatic carbocycles. The topological polar surface area (TPSA) is 83.8 Å². The molecule has 0 radical (unpaired) electrons. The molecule has 1 heterocycles. The summed E-state index contributed by atoms with van der Waals surface area (Å²) in [5, 5.41) is 19.0. The Bertz CT molecular complexity index is 310. The van der Waals surface area contributed by atoms with E-state index in [1.54, 1.807) is 6.92 Å². The molecule has 96 valence electrons. The number of cyclic esters (lactones) is 1. The summed E-state index contributed by atoms with van der Waals surface area (Å²) in [7, 11) is 0. The van der Waals surface area contributed by atoms with Crippen molar-refractivity contribution in [2.24, 2.45) is 0 Å². The number of Topliss-reactive ketones (excluding diaryl/α,β-unsaturated/α-hetero) is 1. The third kappa shape index (κ3) is 5.60. The Labute approximate surface area is 100 Å². The second kappa shape index (κ2) is 6.51. The van der Waals surface area contributed by atoms with Crippen molar-refractivity contribution >= 4 is 11.8 Å². The van der Waals surface area contributed by atoms with E-state index in [0.29, 0.717) is 0 Å². The Morgan fingerprint density at radius 2 is 2.00 bits per heavy atom. The number of allylic oxidation sites excluding steroid dienone is 1. The first-order valence-corrected chi connectivity index (χ1v) is 5.71. The molecule has 1 aliphatic rings. The predicted octanol–water partition coefficient (Wildman–Crippen LogP) is 0.339. The van der Waals surface area contributed by atoms with Crippen LogP contribution in [0.1, 0.15) is 32.6 Å². The van der Waals surface area contributed by atoms with Crippen molar-refractivity contribution in [1.82, 2.24) is 0 Å². The molecular formula is C12H18O5. The van der Waals surface area contributed by atoms with Crippen LogP contribution in [0.25, 0.3) is 0 Å². The number of aliphatic hydroxyl groups is 2. The number of esters is 1.